The quantitative estimate of drug-likeness (QED) is 0.709. The van der Waals surface area contributed by atoms with Crippen molar-refractivity contribution in [2.75, 3.05) is 11.5 Å². The molecule has 2 aliphatic rings. The van der Waals surface area contributed by atoms with Crippen molar-refractivity contribution in [1.29, 1.82) is 0 Å². The first-order valence-electron chi connectivity index (χ1n) is 7.89. The minimum absolute atomic E-state index is 0.0149. The van der Waals surface area contributed by atoms with E-state index in [0.717, 1.165) is 5.56 Å². The van der Waals surface area contributed by atoms with Crippen LogP contribution in [0.1, 0.15) is 17.9 Å². The Balaban J connectivity index is 1.82. The van der Waals surface area contributed by atoms with Crippen molar-refractivity contribution < 1.29 is 18.7 Å². The molecule has 0 saturated carbocycles. The minimum Gasteiger partial charge on any atom is -0.456 e. The summed E-state index contributed by atoms with van der Waals surface area (Å²) in [6, 6.07) is 11.0. The highest BCUT2D eigenvalue weighted by atomic mass is 35.5. The SMILES string of the molecule is O=C1OCC2=C1C(c1ccc(Cl)cc1)CC(=O)N2c1ccc(F)c(Cl)c1. The van der Waals surface area contributed by atoms with Gasteiger partial charge in [-0.2, -0.15) is 0 Å². The number of hydrogen-bond donors (Lipinski definition) is 0. The average molecular weight is 392 g/mol. The van der Waals surface area contributed by atoms with Crippen LogP contribution in [-0.2, 0) is 14.3 Å². The number of carbonyl (C=O) groups excluding carboxylic acids is 2. The van der Waals surface area contributed by atoms with Crippen LogP contribution < -0.4 is 4.90 Å². The highest BCUT2D eigenvalue weighted by Crippen LogP contribution is 2.42. The predicted molar refractivity (Wildman–Crippen MR) is 95.7 cm³/mol. The van der Waals surface area contributed by atoms with E-state index in [9.17, 15) is 14.0 Å². The summed E-state index contributed by atoms with van der Waals surface area (Å²) >= 11 is 11.8. The van der Waals surface area contributed by atoms with Crippen LogP contribution in [0.5, 0.6) is 0 Å². The van der Waals surface area contributed by atoms with Gasteiger partial charge in [0.05, 0.1) is 22.0 Å². The molecule has 0 fully saturated rings. The van der Waals surface area contributed by atoms with Crippen molar-refractivity contribution >= 4 is 40.8 Å². The van der Waals surface area contributed by atoms with Gasteiger partial charge in [0.1, 0.15) is 12.4 Å². The molecule has 2 aromatic carbocycles. The van der Waals surface area contributed by atoms with Crippen molar-refractivity contribution in [1.82, 2.24) is 0 Å². The molecule has 2 aromatic rings. The van der Waals surface area contributed by atoms with Gasteiger partial charge in [-0.25, -0.2) is 9.18 Å². The van der Waals surface area contributed by atoms with E-state index < -0.39 is 17.7 Å². The normalized spacial score (nSPS) is 19.7. The van der Waals surface area contributed by atoms with Crippen molar-refractivity contribution in [2.24, 2.45) is 0 Å². The fraction of sp³-hybridized carbons (Fsp3) is 0.158. The minimum atomic E-state index is -0.577. The van der Waals surface area contributed by atoms with Crippen LogP contribution in [0, 0.1) is 5.82 Å². The monoisotopic (exact) mass is 391 g/mol. The molecule has 1 atom stereocenters. The van der Waals surface area contributed by atoms with E-state index in [1.54, 1.807) is 24.3 Å². The first kappa shape index (κ1) is 17.1. The highest BCUT2D eigenvalue weighted by molar-refractivity contribution is 6.31. The Morgan fingerprint density at radius 1 is 1.08 bits per heavy atom. The number of ether oxygens (including phenoxy) is 1. The van der Waals surface area contributed by atoms with Crippen LogP contribution >= 0.6 is 23.2 Å². The van der Waals surface area contributed by atoms with Crippen molar-refractivity contribution in [3.8, 4) is 0 Å². The molecule has 26 heavy (non-hydrogen) atoms. The molecular formula is C19H12Cl2FNO3. The average Bonchev–Trinajstić information content (AvgIpc) is 2.99. The maximum absolute atomic E-state index is 13.5. The summed E-state index contributed by atoms with van der Waals surface area (Å²) in [5, 5.41) is 0.476. The van der Waals surface area contributed by atoms with Crippen molar-refractivity contribution in [3.63, 3.8) is 0 Å². The van der Waals surface area contributed by atoms with Crippen molar-refractivity contribution in [2.45, 2.75) is 12.3 Å². The summed E-state index contributed by atoms with van der Waals surface area (Å²) in [5.41, 5.74) is 2.12. The van der Waals surface area contributed by atoms with Crippen LogP contribution in [-0.4, -0.2) is 18.5 Å². The van der Waals surface area contributed by atoms with Crippen molar-refractivity contribution in [3.05, 3.63) is 75.2 Å². The summed E-state index contributed by atoms with van der Waals surface area (Å²) in [4.78, 5) is 26.6. The first-order chi connectivity index (χ1) is 12.5. The number of amides is 1. The number of esters is 1. The second kappa shape index (κ2) is 6.41. The Bertz CT molecular complexity index is 956. The highest BCUT2D eigenvalue weighted by Gasteiger charge is 2.43. The molecule has 7 heteroatoms. The van der Waals surface area contributed by atoms with Gasteiger partial charge in [-0.3, -0.25) is 9.69 Å². The fourth-order valence-corrected chi connectivity index (χ4v) is 3.66. The smallest absolute Gasteiger partial charge is 0.336 e. The summed E-state index contributed by atoms with van der Waals surface area (Å²) in [5.74, 6) is -1.65. The Labute approximate surface area is 158 Å². The van der Waals surface area contributed by atoms with E-state index in [1.165, 1.54) is 23.1 Å². The largest absolute Gasteiger partial charge is 0.456 e. The van der Waals surface area contributed by atoms with Crippen LogP contribution in [0.3, 0.4) is 0 Å². The number of hydrogen-bond acceptors (Lipinski definition) is 3. The Morgan fingerprint density at radius 3 is 2.50 bits per heavy atom. The molecule has 0 aliphatic carbocycles. The van der Waals surface area contributed by atoms with Crippen LogP contribution in [0.4, 0.5) is 10.1 Å². The number of anilines is 1. The number of benzene rings is 2. The maximum atomic E-state index is 13.5. The number of rotatable bonds is 2. The molecule has 0 saturated heterocycles. The van der Waals surface area contributed by atoms with E-state index >= 15 is 0 Å². The van der Waals surface area contributed by atoms with E-state index in [-0.39, 0.29) is 24.0 Å². The lowest BCUT2D eigenvalue weighted by atomic mass is 9.84. The van der Waals surface area contributed by atoms with E-state index in [0.29, 0.717) is 22.0 Å². The van der Waals surface area contributed by atoms with Gasteiger partial charge in [0.25, 0.3) is 0 Å². The molecule has 132 valence electrons. The Morgan fingerprint density at radius 2 is 1.81 bits per heavy atom. The Hall–Kier alpha value is -2.37. The van der Waals surface area contributed by atoms with Crippen LogP contribution in [0.2, 0.25) is 10.0 Å². The maximum Gasteiger partial charge on any atom is 0.336 e. The fourth-order valence-electron chi connectivity index (χ4n) is 3.36. The molecule has 2 heterocycles. The topological polar surface area (TPSA) is 46.6 Å². The lowest BCUT2D eigenvalue weighted by Crippen LogP contribution is -2.37. The summed E-state index contributed by atoms with van der Waals surface area (Å²) < 4.78 is 18.7. The number of carbonyl (C=O) groups is 2. The molecule has 2 aliphatic heterocycles. The third-order valence-corrected chi connectivity index (χ3v) is 5.09. The Kier molecular flexibility index (Phi) is 4.21. The molecule has 0 radical (unpaired) electrons. The first-order valence-corrected chi connectivity index (χ1v) is 8.65. The van der Waals surface area contributed by atoms with E-state index in [2.05, 4.69) is 0 Å². The van der Waals surface area contributed by atoms with Gasteiger partial charge in [0, 0.05) is 17.4 Å². The molecule has 4 nitrogen and oxygen atoms in total. The van der Waals surface area contributed by atoms with Gasteiger partial charge in [-0.1, -0.05) is 35.3 Å². The van der Waals surface area contributed by atoms with Gasteiger partial charge in [-0.15, -0.1) is 0 Å². The lowest BCUT2D eigenvalue weighted by molar-refractivity contribution is -0.136. The molecule has 0 bridgehead atoms. The standard InChI is InChI=1S/C19H12Cl2FNO3/c20-11-3-1-10(2-4-11)13-8-17(24)23(16-9-26-19(25)18(13)16)12-5-6-15(22)14(21)7-12/h1-7,13H,8-9H2. The third-order valence-electron chi connectivity index (χ3n) is 4.55. The van der Waals surface area contributed by atoms with Gasteiger partial charge in [0.2, 0.25) is 5.91 Å². The number of nitrogens with zero attached hydrogens (tertiary/aromatic N) is 1. The molecule has 1 amide bonds. The summed E-state index contributed by atoms with van der Waals surface area (Å²) in [6.45, 7) is -0.0149. The summed E-state index contributed by atoms with van der Waals surface area (Å²) in [7, 11) is 0. The van der Waals surface area contributed by atoms with Gasteiger partial charge in [-0.05, 0) is 35.9 Å². The zero-order chi connectivity index (χ0) is 18.4. The van der Waals surface area contributed by atoms with Crippen LogP contribution in [0.15, 0.2) is 53.7 Å². The van der Waals surface area contributed by atoms with E-state index in [1.807, 2.05) is 0 Å². The molecule has 1 unspecified atom stereocenters. The molecule has 0 spiro atoms. The summed E-state index contributed by atoms with van der Waals surface area (Å²) in [6.07, 6.45) is 0.0879. The zero-order valence-electron chi connectivity index (χ0n) is 13.3. The third kappa shape index (κ3) is 2.77. The molecular weight excluding hydrogens is 380 g/mol. The molecule has 0 aromatic heterocycles. The molecule has 4 rings (SSSR count). The van der Waals surface area contributed by atoms with Crippen LogP contribution in [0.25, 0.3) is 0 Å². The van der Waals surface area contributed by atoms with Gasteiger partial charge < -0.3 is 4.74 Å². The second-order valence-corrected chi connectivity index (χ2v) is 6.92. The van der Waals surface area contributed by atoms with Gasteiger partial charge in [0.15, 0.2) is 0 Å². The van der Waals surface area contributed by atoms with Gasteiger partial charge >= 0.3 is 5.97 Å². The predicted octanol–water partition coefficient (Wildman–Crippen LogP) is 4.46. The van der Waals surface area contributed by atoms with E-state index in [4.69, 9.17) is 27.9 Å². The second-order valence-electron chi connectivity index (χ2n) is 6.07. The lowest BCUT2D eigenvalue weighted by Gasteiger charge is -2.32. The number of cyclic esters (lactones) is 1. The zero-order valence-corrected chi connectivity index (χ0v) is 14.9. The number of halogens is 3. The molecule has 0 N–H and O–H groups in total.